The summed E-state index contributed by atoms with van der Waals surface area (Å²) in [7, 11) is 0. The number of alkyl halides is 3. The van der Waals surface area contributed by atoms with Gasteiger partial charge in [0.1, 0.15) is 0 Å². The monoisotopic (exact) mass is 265 g/mol. The van der Waals surface area contributed by atoms with Crippen molar-refractivity contribution in [3.05, 3.63) is 53.7 Å². The van der Waals surface area contributed by atoms with Gasteiger partial charge in [0.2, 0.25) is 0 Å². The molecule has 2 rings (SSSR count). The van der Waals surface area contributed by atoms with Gasteiger partial charge < -0.3 is 5.84 Å². The van der Waals surface area contributed by atoms with Crippen molar-refractivity contribution in [3.8, 4) is 11.3 Å². The average Bonchev–Trinajstić information content (AvgIpc) is 2.39. The quantitative estimate of drug-likeness (QED) is 0.515. The molecule has 0 fully saturated rings. The lowest BCUT2D eigenvalue weighted by molar-refractivity contribution is -0.137. The molecule has 0 atom stereocenters. The number of aromatic nitrogens is 1. The number of nitrogens with zero attached hydrogens (tertiary/aromatic N) is 2. The molecular weight excluding hydrogens is 255 g/mol. The van der Waals surface area contributed by atoms with Crippen molar-refractivity contribution in [2.45, 2.75) is 6.18 Å². The molecule has 1 aromatic carbocycles. The molecule has 0 saturated carbocycles. The molecule has 0 amide bonds. The second-order valence-corrected chi connectivity index (χ2v) is 3.80. The molecule has 1 heterocycles. The summed E-state index contributed by atoms with van der Waals surface area (Å²) in [6.07, 6.45) is -3.04. The highest BCUT2D eigenvalue weighted by molar-refractivity contribution is 5.78. The number of rotatable bonds is 2. The minimum absolute atomic E-state index is 0.391. The van der Waals surface area contributed by atoms with Crippen LogP contribution in [0.2, 0.25) is 0 Å². The van der Waals surface area contributed by atoms with E-state index in [9.17, 15) is 13.2 Å². The summed E-state index contributed by atoms with van der Waals surface area (Å²) >= 11 is 0. The van der Waals surface area contributed by atoms with E-state index in [0.717, 1.165) is 12.1 Å². The summed E-state index contributed by atoms with van der Waals surface area (Å²) in [6, 6.07) is 9.97. The van der Waals surface area contributed by atoms with Crippen molar-refractivity contribution in [1.82, 2.24) is 4.98 Å². The van der Waals surface area contributed by atoms with Gasteiger partial charge in [-0.25, -0.2) is 4.98 Å². The Morgan fingerprint density at radius 2 is 1.84 bits per heavy atom. The summed E-state index contributed by atoms with van der Waals surface area (Å²) in [5.41, 5.74) is 0.604. The van der Waals surface area contributed by atoms with Gasteiger partial charge in [-0.05, 0) is 24.3 Å². The van der Waals surface area contributed by atoms with Gasteiger partial charge in [0.25, 0.3) is 0 Å². The summed E-state index contributed by atoms with van der Waals surface area (Å²) in [4.78, 5) is 4.16. The van der Waals surface area contributed by atoms with Crippen LogP contribution in [0, 0.1) is 0 Å². The second-order valence-electron chi connectivity index (χ2n) is 3.80. The first-order valence-electron chi connectivity index (χ1n) is 5.38. The standard InChI is InChI=1S/C13H10F3N3/c14-13(15,16)10-4-1-3-9(7-10)12-6-2-5-11(19-12)8-18-17/h1-8H,17H2/b18-8-. The van der Waals surface area contributed by atoms with E-state index in [0.29, 0.717) is 17.0 Å². The molecule has 1 aromatic heterocycles. The fourth-order valence-electron chi connectivity index (χ4n) is 1.62. The summed E-state index contributed by atoms with van der Waals surface area (Å²) in [5.74, 6) is 5.01. The van der Waals surface area contributed by atoms with E-state index in [4.69, 9.17) is 5.84 Å². The largest absolute Gasteiger partial charge is 0.416 e. The Bertz CT molecular complexity index is 606. The Morgan fingerprint density at radius 1 is 1.11 bits per heavy atom. The Kier molecular flexibility index (Phi) is 3.50. The van der Waals surface area contributed by atoms with Crippen molar-refractivity contribution in [3.63, 3.8) is 0 Å². The van der Waals surface area contributed by atoms with Crippen LogP contribution in [0.1, 0.15) is 11.3 Å². The molecule has 19 heavy (non-hydrogen) atoms. The molecule has 2 aromatic rings. The van der Waals surface area contributed by atoms with E-state index < -0.39 is 11.7 Å². The first kappa shape index (κ1) is 13.1. The first-order valence-corrected chi connectivity index (χ1v) is 5.38. The topological polar surface area (TPSA) is 51.3 Å². The van der Waals surface area contributed by atoms with Crippen molar-refractivity contribution in [2.75, 3.05) is 0 Å². The Morgan fingerprint density at radius 3 is 2.53 bits per heavy atom. The summed E-state index contributed by atoms with van der Waals surface area (Å²) < 4.78 is 37.9. The van der Waals surface area contributed by atoms with Gasteiger partial charge >= 0.3 is 6.18 Å². The van der Waals surface area contributed by atoms with Gasteiger partial charge in [0.05, 0.1) is 23.2 Å². The third-order valence-electron chi connectivity index (χ3n) is 2.46. The highest BCUT2D eigenvalue weighted by atomic mass is 19.4. The maximum Gasteiger partial charge on any atom is 0.416 e. The molecule has 3 nitrogen and oxygen atoms in total. The number of halogens is 3. The van der Waals surface area contributed by atoms with E-state index in [1.807, 2.05) is 0 Å². The maximum atomic E-state index is 12.6. The molecule has 0 bridgehead atoms. The lowest BCUT2D eigenvalue weighted by Gasteiger charge is -2.08. The van der Waals surface area contributed by atoms with Crippen LogP contribution in [-0.2, 0) is 6.18 Å². The van der Waals surface area contributed by atoms with Gasteiger partial charge in [-0.3, -0.25) is 0 Å². The zero-order valence-corrected chi connectivity index (χ0v) is 9.72. The lowest BCUT2D eigenvalue weighted by atomic mass is 10.1. The number of hydrogen-bond donors (Lipinski definition) is 1. The number of nitrogens with two attached hydrogens (primary N) is 1. The second kappa shape index (κ2) is 5.09. The van der Waals surface area contributed by atoms with E-state index in [-0.39, 0.29) is 0 Å². The summed E-state index contributed by atoms with van der Waals surface area (Å²) in [6.45, 7) is 0. The predicted molar refractivity (Wildman–Crippen MR) is 66.5 cm³/mol. The van der Waals surface area contributed by atoms with E-state index >= 15 is 0 Å². The molecule has 0 spiro atoms. The molecule has 2 N–H and O–H groups in total. The fourth-order valence-corrected chi connectivity index (χ4v) is 1.62. The van der Waals surface area contributed by atoms with Gasteiger partial charge in [-0.15, -0.1) is 0 Å². The van der Waals surface area contributed by atoms with Crippen LogP contribution in [0.4, 0.5) is 13.2 Å². The smallest absolute Gasteiger partial charge is 0.323 e. The number of pyridine rings is 1. The highest BCUT2D eigenvalue weighted by Crippen LogP contribution is 2.31. The molecule has 0 unspecified atom stereocenters. The van der Waals surface area contributed by atoms with Crippen molar-refractivity contribution in [1.29, 1.82) is 0 Å². The molecule has 0 aliphatic carbocycles. The Balaban J connectivity index is 2.44. The Labute approximate surface area is 107 Å². The zero-order chi connectivity index (χ0) is 13.9. The van der Waals surface area contributed by atoms with E-state index in [1.54, 1.807) is 24.3 Å². The van der Waals surface area contributed by atoms with Gasteiger partial charge in [0.15, 0.2) is 0 Å². The maximum absolute atomic E-state index is 12.6. The van der Waals surface area contributed by atoms with Crippen LogP contribution < -0.4 is 5.84 Å². The lowest BCUT2D eigenvalue weighted by Crippen LogP contribution is -2.04. The molecule has 0 aliphatic rings. The normalized spacial score (nSPS) is 11.9. The molecule has 6 heteroatoms. The first-order chi connectivity index (χ1) is 9.00. The van der Waals surface area contributed by atoms with Crippen LogP contribution in [0.25, 0.3) is 11.3 Å². The van der Waals surface area contributed by atoms with Crippen LogP contribution in [-0.4, -0.2) is 11.2 Å². The summed E-state index contributed by atoms with van der Waals surface area (Å²) in [5, 5.41) is 3.33. The van der Waals surface area contributed by atoms with E-state index in [2.05, 4.69) is 10.1 Å². The molecule has 98 valence electrons. The molecule has 0 aliphatic heterocycles. The SMILES string of the molecule is N/N=C\c1cccc(-c2cccc(C(F)(F)F)c2)n1. The van der Waals surface area contributed by atoms with Gasteiger partial charge in [-0.2, -0.15) is 18.3 Å². The highest BCUT2D eigenvalue weighted by Gasteiger charge is 2.30. The number of benzene rings is 1. The Hall–Kier alpha value is -2.37. The molecular formula is C13H10F3N3. The fraction of sp³-hybridized carbons (Fsp3) is 0.0769. The third-order valence-corrected chi connectivity index (χ3v) is 2.46. The van der Waals surface area contributed by atoms with Crippen molar-refractivity contribution >= 4 is 6.21 Å². The third kappa shape index (κ3) is 3.09. The minimum atomic E-state index is -4.37. The van der Waals surface area contributed by atoms with Crippen LogP contribution in [0.5, 0.6) is 0 Å². The van der Waals surface area contributed by atoms with Crippen LogP contribution in [0.15, 0.2) is 47.6 Å². The van der Waals surface area contributed by atoms with E-state index in [1.165, 1.54) is 12.3 Å². The zero-order valence-electron chi connectivity index (χ0n) is 9.72. The predicted octanol–water partition coefficient (Wildman–Crippen LogP) is 3.06. The van der Waals surface area contributed by atoms with Crippen LogP contribution >= 0.6 is 0 Å². The molecule has 0 saturated heterocycles. The minimum Gasteiger partial charge on any atom is -0.323 e. The molecule has 0 radical (unpaired) electrons. The van der Waals surface area contributed by atoms with Crippen molar-refractivity contribution < 1.29 is 13.2 Å². The van der Waals surface area contributed by atoms with Gasteiger partial charge in [-0.1, -0.05) is 18.2 Å². The number of hydrogen-bond acceptors (Lipinski definition) is 3. The van der Waals surface area contributed by atoms with Crippen molar-refractivity contribution in [2.24, 2.45) is 10.9 Å². The average molecular weight is 265 g/mol. The van der Waals surface area contributed by atoms with Crippen LogP contribution in [0.3, 0.4) is 0 Å². The number of hydrazone groups is 1. The van der Waals surface area contributed by atoms with Gasteiger partial charge in [0, 0.05) is 5.56 Å².